The van der Waals surface area contributed by atoms with Gasteiger partial charge >= 0.3 is 0 Å². The van der Waals surface area contributed by atoms with Crippen molar-refractivity contribution < 1.29 is 4.74 Å². The second kappa shape index (κ2) is 3.75. The van der Waals surface area contributed by atoms with Crippen molar-refractivity contribution in [2.45, 2.75) is 32.2 Å². The zero-order chi connectivity index (χ0) is 8.39. The molecule has 2 aliphatic rings. The average molecular weight is 169 g/mol. The maximum absolute atomic E-state index is 5.22. The summed E-state index contributed by atoms with van der Waals surface area (Å²) in [6, 6.07) is 0.763. The fourth-order valence-corrected chi connectivity index (χ4v) is 2.20. The van der Waals surface area contributed by atoms with Crippen molar-refractivity contribution in [3.05, 3.63) is 0 Å². The van der Waals surface area contributed by atoms with Gasteiger partial charge in [0.1, 0.15) is 0 Å². The lowest BCUT2D eigenvalue weighted by Gasteiger charge is -2.41. The minimum atomic E-state index is 0.763. The number of ether oxygens (including phenoxy) is 1. The van der Waals surface area contributed by atoms with Crippen molar-refractivity contribution in [1.29, 1.82) is 0 Å². The summed E-state index contributed by atoms with van der Waals surface area (Å²) in [6.07, 6.45) is 4.19. The summed E-state index contributed by atoms with van der Waals surface area (Å²) in [4.78, 5) is 2.63. The molecule has 1 unspecified atom stereocenters. The Kier molecular flexibility index (Phi) is 2.66. The molecule has 2 fully saturated rings. The fourth-order valence-electron chi connectivity index (χ4n) is 2.20. The van der Waals surface area contributed by atoms with Crippen molar-refractivity contribution in [3.63, 3.8) is 0 Å². The maximum Gasteiger partial charge on any atom is 0.0645 e. The molecule has 2 aliphatic heterocycles. The van der Waals surface area contributed by atoms with E-state index < -0.39 is 0 Å². The Morgan fingerprint density at radius 2 is 2.25 bits per heavy atom. The molecule has 0 bridgehead atoms. The average Bonchev–Trinajstić information content (AvgIpc) is 2.02. The molecule has 0 radical (unpaired) electrons. The van der Waals surface area contributed by atoms with Gasteiger partial charge in [0.25, 0.3) is 0 Å². The highest BCUT2D eigenvalue weighted by Crippen LogP contribution is 2.23. The van der Waals surface area contributed by atoms with Crippen LogP contribution in [0.5, 0.6) is 0 Å². The minimum absolute atomic E-state index is 0.763. The molecule has 0 aromatic rings. The molecule has 0 amide bonds. The summed E-state index contributed by atoms with van der Waals surface area (Å²) in [5.41, 5.74) is 0. The van der Waals surface area contributed by atoms with Crippen LogP contribution in [0, 0.1) is 5.92 Å². The molecule has 1 atom stereocenters. The van der Waals surface area contributed by atoms with Gasteiger partial charge in [0.05, 0.1) is 19.3 Å². The number of hydrogen-bond acceptors (Lipinski definition) is 2. The van der Waals surface area contributed by atoms with Crippen molar-refractivity contribution in [2.24, 2.45) is 5.92 Å². The first-order valence-corrected chi connectivity index (χ1v) is 5.22. The third-order valence-corrected chi connectivity index (χ3v) is 3.26. The van der Waals surface area contributed by atoms with E-state index in [1.54, 1.807) is 0 Å². The predicted molar refractivity (Wildman–Crippen MR) is 49.2 cm³/mol. The number of piperidine rings is 1. The highest BCUT2D eigenvalue weighted by molar-refractivity contribution is 4.82. The van der Waals surface area contributed by atoms with Gasteiger partial charge in [-0.15, -0.1) is 0 Å². The van der Waals surface area contributed by atoms with Crippen LogP contribution in [-0.2, 0) is 4.74 Å². The van der Waals surface area contributed by atoms with Crippen LogP contribution in [0.1, 0.15) is 26.2 Å². The summed E-state index contributed by atoms with van der Waals surface area (Å²) >= 11 is 0. The molecule has 2 rings (SSSR count). The van der Waals surface area contributed by atoms with E-state index in [0.717, 1.165) is 25.2 Å². The number of likely N-dealkylation sites (tertiary alicyclic amines) is 1. The van der Waals surface area contributed by atoms with Crippen LogP contribution in [0.25, 0.3) is 0 Å². The molecule has 0 aromatic heterocycles. The monoisotopic (exact) mass is 169 g/mol. The third-order valence-electron chi connectivity index (χ3n) is 3.26. The highest BCUT2D eigenvalue weighted by Gasteiger charge is 2.29. The molecular formula is C10H19NO. The van der Waals surface area contributed by atoms with E-state index in [-0.39, 0.29) is 0 Å². The molecule has 0 spiro atoms. The lowest BCUT2D eigenvalue weighted by atomic mass is 9.94. The van der Waals surface area contributed by atoms with Crippen molar-refractivity contribution in [3.8, 4) is 0 Å². The van der Waals surface area contributed by atoms with Crippen LogP contribution in [-0.4, -0.2) is 37.2 Å². The van der Waals surface area contributed by atoms with E-state index in [1.165, 1.54) is 32.4 Å². The van der Waals surface area contributed by atoms with Gasteiger partial charge in [-0.2, -0.15) is 0 Å². The maximum atomic E-state index is 5.22. The van der Waals surface area contributed by atoms with Crippen molar-refractivity contribution >= 4 is 0 Å². The lowest BCUT2D eigenvalue weighted by molar-refractivity contribution is -0.0763. The van der Waals surface area contributed by atoms with Gasteiger partial charge in [0, 0.05) is 6.54 Å². The van der Waals surface area contributed by atoms with Crippen LogP contribution < -0.4 is 0 Å². The van der Waals surface area contributed by atoms with Gasteiger partial charge < -0.3 is 4.74 Å². The van der Waals surface area contributed by atoms with E-state index >= 15 is 0 Å². The first-order chi connectivity index (χ1) is 5.90. The number of hydrogen-bond donors (Lipinski definition) is 0. The topological polar surface area (TPSA) is 12.5 Å². The zero-order valence-corrected chi connectivity index (χ0v) is 7.96. The minimum Gasteiger partial charge on any atom is -0.378 e. The Labute approximate surface area is 74.9 Å². The van der Waals surface area contributed by atoms with E-state index in [1.807, 2.05) is 0 Å². The van der Waals surface area contributed by atoms with Crippen molar-refractivity contribution in [1.82, 2.24) is 4.90 Å². The van der Waals surface area contributed by atoms with Gasteiger partial charge in [0.15, 0.2) is 0 Å². The largest absolute Gasteiger partial charge is 0.378 e. The van der Waals surface area contributed by atoms with E-state index in [0.29, 0.717) is 0 Å². The normalized spacial score (nSPS) is 33.2. The molecule has 2 heterocycles. The summed E-state index contributed by atoms with van der Waals surface area (Å²) < 4.78 is 5.22. The quantitative estimate of drug-likeness (QED) is 0.621. The lowest BCUT2D eigenvalue weighted by Crippen LogP contribution is -2.52. The first-order valence-electron chi connectivity index (χ1n) is 5.22. The van der Waals surface area contributed by atoms with Crippen LogP contribution in [0.3, 0.4) is 0 Å². The number of nitrogens with zero attached hydrogens (tertiary/aromatic N) is 1. The Morgan fingerprint density at radius 3 is 2.83 bits per heavy atom. The van der Waals surface area contributed by atoms with Crippen LogP contribution in [0.15, 0.2) is 0 Å². The van der Waals surface area contributed by atoms with E-state index in [9.17, 15) is 0 Å². The molecule has 0 aliphatic carbocycles. The van der Waals surface area contributed by atoms with Gasteiger partial charge in [-0.3, -0.25) is 4.90 Å². The summed E-state index contributed by atoms with van der Waals surface area (Å²) in [7, 11) is 0. The molecular weight excluding hydrogens is 150 g/mol. The first kappa shape index (κ1) is 8.52. The number of rotatable bonds is 2. The summed E-state index contributed by atoms with van der Waals surface area (Å²) in [5, 5.41) is 0. The third kappa shape index (κ3) is 1.64. The van der Waals surface area contributed by atoms with Gasteiger partial charge in [-0.25, -0.2) is 0 Å². The molecule has 2 saturated heterocycles. The zero-order valence-electron chi connectivity index (χ0n) is 7.96. The smallest absolute Gasteiger partial charge is 0.0645 e. The molecule has 2 heteroatoms. The molecule has 0 N–H and O–H groups in total. The van der Waals surface area contributed by atoms with Gasteiger partial charge in [0.2, 0.25) is 0 Å². The molecule has 0 saturated carbocycles. The van der Waals surface area contributed by atoms with E-state index in [2.05, 4.69) is 11.8 Å². The molecule has 70 valence electrons. The molecule has 12 heavy (non-hydrogen) atoms. The SMILES string of the molecule is CCC1CCCN(C2COC2)C1. The fraction of sp³-hybridized carbons (Fsp3) is 1.00. The second-order valence-electron chi connectivity index (χ2n) is 4.10. The van der Waals surface area contributed by atoms with Crippen LogP contribution in [0.2, 0.25) is 0 Å². The molecule has 0 aromatic carbocycles. The predicted octanol–water partition coefficient (Wildman–Crippen LogP) is 1.51. The standard InChI is InChI=1S/C10H19NO/c1-2-9-4-3-5-11(6-9)10-7-12-8-10/h9-10H,2-8H2,1H3. The van der Waals surface area contributed by atoms with Crippen LogP contribution in [0.4, 0.5) is 0 Å². The van der Waals surface area contributed by atoms with E-state index in [4.69, 9.17) is 4.74 Å². The Balaban J connectivity index is 1.81. The van der Waals surface area contributed by atoms with Crippen LogP contribution >= 0.6 is 0 Å². The van der Waals surface area contributed by atoms with Crippen molar-refractivity contribution in [2.75, 3.05) is 26.3 Å². The Bertz CT molecular complexity index is 145. The van der Waals surface area contributed by atoms with Gasteiger partial charge in [-0.05, 0) is 25.3 Å². The summed E-state index contributed by atoms with van der Waals surface area (Å²) in [5.74, 6) is 0.958. The second-order valence-corrected chi connectivity index (χ2v) is 4.10. The summed E-state index contributed by atoms with van der Waals surface area (Å²) in [6.45, 7) is 6.91. The highest BCUT2D eigenvalue weighted by atomic mass is 16.5. The van der Waals surface area contributed by atoms with Gasteiger partial charge in [-0.1, -0.05) is 13.3 Å². The Morgan fingerprint density at radius 1 is 1.42 bits per heavy atom. The Hall–Kier alpha value is -0.0800. The molecule has 2 nitrogen and oxygen atoms in total.